The van der Waals surface area contributed by atoms with E-state index in [-0.39, 0.29) is 6.03 Å². The molecule has 118 valence electrons. The third kappa shape index (κ3) is 3.24. The van der Waals surface area contributed by atoms with Gasteiger partial charge in [-0.15, -0.1) is 0 Å². The van der Waals surface area contributed by atoms with Gasteiger partial charge in [0.25, 0.3) is 0 Å². The number of benzene rings is 1. The Kier molecular flexibility index (Phi) is 4.32. The van der Waals surface area contributed by atoms with Gasteiger partial charge in [0.1, 0.15) is 5.52 Å². The molecule has 1 saturated carbocycles. The minimum atomic E-state index is -0.0473. The topological polar surface area (TPSA) is 58.4 Å². The Bertz CT molecular complexity index is 655. The normalized spacial score (nSPS) is 14.3. The van der Waals surface area contributed by atoms with E-state index in [0.29, 0.717) is 5.92 Å². The summed E-state index contributed by atoms with van der Waals surface area (Å²) in [5, 5.41) is 2.96. The van der Waals surface area contributed by atoms with Gasteiger partial charge in [-0.1, -0.05) is 13.8 Å². The predicted molar refractivity (Wildman–Crippen MR) is 87.2 cm³/mol. The van der Waals surface area contributed by atoms with Gasteiger partial charge < -0.3 is 14.6 Å². The summed E-state index contributed by atoms with van der Waals surface area (Å²) >= 11 is 0. The minimum Gasteiger partial charge on any atom is -0.440 e. The number of fused-ring (bicyclic) bond motifs is 1. The molecular weight excluding hydrogens is 278 g/mol. The van der Waals surface area contributed by atoms with Crippen LogP contribution >= 0.6 is 0 Å². The molecule has 22 heavy (non-hydrogen) atoms. The van der Waals surface area contributed by atoms with Crippen molar-refractivity contribution in [1.82, 2.24) is 9.88 Å². The first-order chi connectivity index (χ1) is 10.7. The molecule has 0 bridgehead atoms. The first-order valence-electron chi connectivity index (χ1n) is 8.17. The lowest BCUT2D eigenvalue weighted by atomic mass is 10.3. The lowest BCUT2D eigenvalue weighted by Crippen LogP contribution is -2.36. The molecule has 1 fully saturated rings. The van der Waals surface area contributed by atoms with E-state index >= 15 is 0 Å². The third-order valence-corrected chi connectivity index (χ3v) is 3.86. The van der Waals surface area contributed by atoms with Crippen LogP contribution in [0.2, 0.25) is 0 Å². The van der Waals surface area contributed by atoms with E-state index in [2.05, 4.69) is 24.1 Å². The van der Waals surface area contributed by atoms with Gasteiger partial charge in [-0.25, -0.2) is 9.78 Å². The number of nitrogens with one attached hydrogen (secondary N) is 1. The average Bonchev–Trinajstić information content (AvgIpc) is 3.27. The van der Waals surface area contributed by atoms with Crippen LogP contribution in [-0.4, -0.2) is 29.0 Å². The summed E-state index contributed by atoms with van der Waals surface area (Å²) in [7, 11) is 0. The number of oxazole rings is 1. The standard InChI is InChI=1S/C17H23N3O2/c1-3-9-20(10-4-2)17(21)18-13-7-8-15-14(11-13)19-16(22-15)12-5-6-12/h7-8,11-12H,3-6,9-10H2,1-2H3,(H,18,21). The molecule has 5 nitrogen and oxygen atoms in total. The number of nitrogens with zero attached hydrogens (tertiary/aromatic N) is 2. The molecule has 0 aliphatic heterocycles. The Hall–Kier alpha value is -2.04. The molecule has 1 aliphatic rings. The Morgan fingerprint density at radius 3 is 2.68 bits per heavy atom. The molecular formula is C17H23N3O2. The number of anilines is 1. The van der Waals surface area contributed by atoms with Gasteiger partial charge in [0, 0.05) is 24.7 Å². The van der Waals surface area contributed by atoms with Crippen molar-refractivity contribution in [3.05, 3.63) is 24.1 Å². The summed E-state index contributed by atoms with van der Waals surface area (Å²) in [6, 6.07) is 5.60. The van der Waals surface area contributed by atoms with Gasteiger partial charge in [0.2, 0.25) is 0 Å². The van der Waals surface area contributed by atoms with Crippen LogP contribution in [0.5, 0.6) is 0 Å². The predicted octanol–water partition coefficient (Wildman–Crippen LogP) is 4.36. The molecule has 3 rings (SSSR count). The Labute approximate surface area is 130 Å². The number of amides is 2. The first-order valence-corrected chi connectivity index (χ1v) is 8.17. The highest BCUT2D eigenvalue weighted by Crippen LogP contribution is 2.40. The van der Waals surface area contributed by atoms with E-state index in [0.717, 1.165) is 48.6 Å². The maximum atomic E-state index is 12.3. The van der Waals surface area contributed by atoms with Crippen molar-refractivity contribution in [3.63, 3.8) is 0 Å². The van der Waals surface area contributed by atoms with Gasteiger partial charge in [-0.3, -0.25) is 0 Å². The van der Waals surface area contributed by atoms with E-state index in [1.807, 2.05) is 23.1 Å². The van der Waals surface area contributed by atoms with Gasteiger partial charge in [-0.2, -0.15) is 0 Å². The highest BCUT2D eigenvalue weighted by atomic mass is 16.3. The SMILES string of the molecule is CCCN(CCC)C(=O)Nc1ccc2oc(C3CC3)nc2c1. The zero-order valence-corrected chi connectivity index (χ0v) is 13.3. The highest BCUT2D eigenvalue weighted by molar-refractivity contribution is 5.91. The van der Waals surface area contributed by atoms with Gasteiger partial charge in [0.15, 0.2) is 11.5 Å². The van der Waals surface area contributed by atoms with Crippen molar-refractivity contribution in [2.45, 2.75) is 45.4 Å². The largest absolute Gasteiger partial charge is 0.440 e. The molecule has 0 unspecified atom stereocenters. The van der Waals surface area contributed by atoms with E-state index in [9.17, 15) is 4.79 Å². The second-order valence-electron chi connectivity index (χ2n) is 5.93. The van der Waals surface area contributed by atoms with Crippen molar-refractivity contribution in [3.8, 4) is 0 Å². The molecule has 1 aromatic carbocycles. The molecule has 0 atom stereocenters. The summed E-state index contributed by atoms with van der Waals surface area (Å²) in [6.07, 6.45) is 4.25. The fourth-order valence-electron chi connectivity index (χ4n) is 2.59. The number of aromatic nitrogens is 1. The van der Waals surface area contributed by atoms with Gasteiger partial charge in [0.05, 0.1) is 0 Å². The minimum absolute atomic E-state index is 0.0473. The Morgan fingerprint density at radius 1 is 1.32 bits per heavy atom. The zero-order valence-electron chi connectivity index (χ0n) is 13.3. The van der Waals surface area contributed by atoms with Crippen LogP contribution in [0.1, 0.15) is 51.3 Å². The second-order valence-corrected chi connectivity index (χ2v) is 5.93. The van der Waals surface area contributed by atoms with Crippen LogP contribution in [0.4, 0.5) is 10.5 Å². The number of hydrogen-bond donors (Lipinski definition) is 1. The second kappa shape index (κ2) is 6.38. The van der Waals surface area contributed by atoms with Crippen LogP contribution in [0.15, 0.2) is 22.6 Å². The summed E-state index contributed by atoms with van der Waals surface area (Å²) in [5.41, 5.74) is 2.38. The fraction of sp³-hybridized carbons (Fsp3) is 0.529. The van der Waals surface area contributed by atoms with Crippen LogP contribution in [-0.2, 0) is 0 Å². The molecule has 2 amide bonds. The monoisotopic (exact) mass is 301 g/mol. The van der Waals surface area contributed by atoms with Crippen LogP contribution in [0.3, 0.4) is 0 Å². The maximum Gasteiger partial charge on any atom is 0.321 e. The van der Waals surface area contributed by atoms with Crippen LogP contribution < -0.4 is 5.32 Å². The molecule has 0 radical (unpaired) electrons. The number of hydrogen-bond acceptors (Lipinski definition) is 3. The van der Waals surface area contributed by atoms with Crippen LogP contribution in [0.25, 0.3) is 11.1 Å². The molecule has 2 aromatic rings. The summed E-state index contributed by atoms with van der Waals surface area (Å²) < 4.78 is 5.74. The van der Waals surface area contributed by atoms with Crippen LogP contribution in [0, 0.1) is 0 Å². The smallest absolute Gasteiger partial charge is 0.321 e. The molecule has 0 saturated heterocycles. The van der Waals surface area contributed by atoms with Crippen molar-refractivity contribution in [2.75, 3.05) is 18.4 Å². The summed E-state index contributed by atoms with van der Waals surface area (Å²) in [4.78, 5) is 18.7. The molecule has 1 aliphatic carbocycles. The first kappa shape index (κ1) is 14.9. The molecule has 5 heteroatoms. The Balaban J connectivity index is 1.73. The van der Waals surface area contributed by atoms with E-state index in [1.165, 1.54) is 12.8 Å². The lowest BCUT2D eigenvalue weighted by Gasteiger charge is -2.21. The summed E-state index contributed by atoms with van der Waals surface area (Å²) in [6.45, 7) is 5.71. The zero-order chi connectivity index (χ0) is 15.5. The average molecular weight is 301 g/mol. The van der Waals surface area contributed by atoms with Gasteiger partial charge >= 0.3 is 6.03 Å². The number of urea groups is 1. The number of carbonyl (C=O) groups is 1. The fourth-order valence-corrected chi connectivity index (χ4v) is 2.59. The third-order valence-electron chi connectivity index (χ3n) is 3.86. The molecule has 1 N–H and O–H groups in total. The quantitative estimate of drug-likeness (QED) is 0.862. The van der Waals surface area contributed by atoms with Crippen molar-refractivity contribution < 1.29 is 9.21 Å². The molecule has 1 aromatic heterocycles. The van der Waals surface area contributed by atoms with E-state index in [4.69, 9.17) is 4.42 Å². The number of rotatable bonds is 6. The van der Waals surface area contributed by atoms with Crippen molar-refractivity contribution in [2.24, 2.45) is 0 Å². The van der Waals surface area contributed by atoms with Crippen molar-refractivity contribution in [1.29, 1.82) is 0 Å². The van der Waals surface area contributed by atoms with Gasteiger partial charge in [-0.05, 0) is 43.9 Å². The Morgan fingerprint density at radius 2 is 2.05 bits per heavy atom. The molecule has 1 heterocycles. The summed E-state index contributed by atoms with van der Waals surface area (Å²) in [5.74, 6) is 1.33. The molecule has 0 spiro atoms. The van der Waals surface area contributed by atoms with E-state index < -0.39 is 0 Å². The maximum absolute atomic E-state index is 12.3. The lowest BCUT2D eigenvalue weighted by molar-refractivity contribution is 0.211. The highest BCUT2D eigenvalue weighted by Gasteiger charge is 2.28. The number of carbonyl (C=O) groups excluding carboxylic acids is 1. The van der Waals surface area contributed by atoms with E-state index in [1.54, 1.807) is 0 Å². The van der Waals surface area contributed by atoms with Crippen molar-refractivity contribution >= 4 is 22.8 Å².